The molecule has 0 saturated heterocycles. The van der Waals surface area contributed by atoms with Crippen molar-refractivity contribution >= 4 is 16.9 Å². The van der Waals surface area contributed by atoms with Crippen molar-refractivity contribution in [1.82, 2.24) is 4.98 Å². The number of aromatic amines is 1. The number of carboxylic acids is 1. The first-order valence-electron chi connectivity index (χ1n) is 10.3. The molecule has 0 aliphatic rings. The van der Waals surface area contributed by atoms with Crippen LogP contribution >= 0.6 is 0 Å². The minimum atomic E-state index is -0.798. The largest absolute Gasteiger partial charge is 0.490 e. The Morgan fingerprint density at radius 2 is 1.77 bits per heavy atom. The van der Waals surface area contributed by atoms with Crippen molar-refractivity contribution in [1.29, 1.82) is 0 Å². The lowest BCUT2D eigenvalue weighted by atomic mass is 9.96. The molecule has 5 nitrogen and oxygen atoms in total. The van der Waals surface area contributed by atoms with Crippen LogP contribution in [0, 0.1) is 5.92 Å². The molecule has 0 aliphatic carbocycles. The second-order valence-electron chi connectivity index (χ2n) is 7.56. The van der Waals surface area contributed by atoms with Gasteiger partial charge in [0.15, 0.2) is 0 Å². The highest BCUT2D eigenvalue weighted by Gasteiger charge is 2.15. The molecule has 4 rings (SSSR count). The lowest BCUT2D eigenvalue weighted by Crippen LogP contribution is -2.12. The Morgan fingerprint density at radius 3 is 2.58 bits per heavy atom. The summed E-state index contributed by atoms with van der Waals surface area (Å²) in [6.07, 6.45) is 2.38. The number of fused-ring (bicyclic) bond motifs is 1. The molecule has 0 spiro atoms. The van der Waals surface area contributed by atoms with Gasteiger partial charge in [-0.2, -0.15) is 0 Å². The van der Waals surface area contributed by atoms with Crippen LogP contribution in [0.25, 0.3) is 22.0 Å². The molecule has 4 aromatic rings. The molecular formula is C26H25NO4. The molecule has 0 amide bonds. The van der Waals surface area contributed by atoms with Crippen LogP contribution in [0.2, 0.25) is 0 Å². The van der Waals surface area contributed by atoms with Gasteiger partial charge in [-0.05, 0) is 65.4 Å². The predicted octanol–water partition coefficient (Wildman–Crippen LogP) is 5.56. The lowest BCUT2D eigenvalue weighted by molar-refractivity contribution is -0.141. The zero-order valence-corrected chi connectivity index (χ0v) is 17.4. The van der Waals surface area contributed by atoms with Gasteiger partial charge in [-0.3, -0.25) is 4.79 Å². The average molecular weight is 415 g/mol. The minimum Gasteiger partial charge on any atom is -0.490 e. The normalized spacial score (nSPS) is 11.9. The number of hydrogen-bond donors (Lipinski definition) is 2. The minimum absolute atomic E-state index is 0.402. The summed E-state index contributed by atoms with van der Waals surface area (Å²) in [5.41, 5.74) is 4.00. The zero-order valence-electron chi connectivity index (χ0n) is 17.4. The molecule has 31 heavy (non-hydrogen) atoms. The molecule has 1 unspecified atom stereocenters. The van der Waals surface area contributed by atoms with Gasteiger partial charge in [0.05, 0.1) is 5.92 Å². The van der Waals surface area contributed by atoms with Crippen LogP contribution < -0.4 is 9.47 Å². The highest BCUT2D eigenvalue weighted by Crippen LogP contribution is 2.33. The van der Waals surface area contributed by atoms with E-state index >= 15 is 0 Å². The smallest absolute Gasteiger partial charge is 0.306 e. The third-order valence-corrected chi connectivity index (χ3v) is 5.22. The summed E-state index contributed by atoms with van der Waals surface area (Å²) in [7, 11) is 0. The number of carboxylic acid groups (broad SMARTS) is 1. The fourth-order valence-electron chi connectivity index (χ4n) is 3.55. The summed E-state index contributed by atoms with van der Waals surface area (Å²) in [5, 5.41) is 10.4. The second kappa shape index (κ2) is 9.39. The van der Waals surface area contributed by atoms with Crippen LogP contribution in [0.15, 0.2) is 79.0 Å². The van der Waals surface area contributed by atoms with Crippen molar-refractivity contribution in [3.63, 3.8) is 0 Å². The fraction of sp³-hybridized carbons (Fsp3) is 0.192. The molecule has 3 aromatic carbocycles. The molecule has 2 N–H and O–H groups in total. The van der Waals surface area contributed by atoms with Gasteiger partial charge in [0.2, 0.25) is 0 Å². The number of aromatic nitrogens is 1. The van der Waals surface area contributed by atoms with E-state index in [1.807, 2.05) is 72.9 Å². The van der Waals surface area contributed by atoms with Gasteiger partial charge >= 0.3 is 5.97 Å². The van der Waals surface area contributed by atoms with E-state index in [2.05, 4.69) is 11.1 Å². The van der Waals surface area contributed by atoms with Gasteiger partial charge in [-0.15, -0.1) is 0 Å². The Bertz CT molecular complexity index is 1170. The zero-order chi connectivity index (χ0) is 21.6. The molecule has 0 fully saturated rings. The Morgan fingerprint density at radius 1 is 0.968 bits per heavy atom. The number of H-pyrrole nitrogens is 1. The summed E-state index contributed by atoms with van der Waals surface area (Å²) >= 11 is 0. The van der Waals surface area contributed by atoms with E-state index in [4.69, 9.17) is 9.47 Å². The number of ether oxygens (including phenoxy) is 2. The summed E-state index contributed by atoms with van der Waals surface area (Å²) in [5.74, 6) is 0.306. The number of aliphatic carboxylic acids is 1. The predicted molar refractivity (Wildman–Crippen MR) is 122 cm³/mol. The van der Waals surface area contributed by atoms with Crippen molar-refractivity contribution in [3.05, 3.63) is 84.6 Å². The number of rotatable bonds is 9. The van der Waals surface area contributed by atoms with Gasteiger partial charge in [0, 0.05) is 17.3 Å². The van der Waals surface area contributed by atoms with Crippen LogP contribution in [0.4, 0.5) is 0 Å². The second-order valence-corrected chi connectivity index (χ2v) is 7.56. The maximum atomic E-state index is 11.3. The van der Waals surface area contributed by atoms with Crippen molar-refractivity contribution in [2.75, 3.05) is 13.2 Å². The van der Waals surface area contributed by atoms with Crippen molar-refractivity contribution in [2.24, 2.45) is 5.92 Å². The molecule has 0 radical (unpaired) electrons. The summed E-state index contributed by atoms with van der Waals surface area (Å²) < 4.78 is 11.8. The number of hydrogen-bond acceptors (Lipinski definition) is 3. The van der Waals surface area contributed by atoms with Crippen LogP contribution in [0.3, 0.4) is 0 Å². The lowest BCUT2D eigenvalue weighted by Gasteiger charge is -2.15. The Hall–Kier alpha value is -3.73. The molecule has 0 saturated carbocycles. The molecule has 1 atom stereocenters. The van der Waals surface area contributed by atoms with E-state index < -0.39 is 11.9 Å². The number of benzene rings is 3. The van der Waals surface area contributed by atoms with E-state index in [9.17, 15) is 9.90 Å². The molecule has 1 aromatic heterocycles. The third-order valence-electron chi connectivity index (χ3n) is 5.22. The first kappa shape index (κ1) is 20.5. The van der Waals surface area contributed by atoms with Gasteiger partial charge in [0.1, 0.15) is 24.7 Å². The highest BCUT2D eigenvalue weighted by atomic mass is 16.5. The summed E-state index contributed by atoms with van der Waals surface area (Å²) in [6.45, 7) is 2.55. The third kappa shape index (κ3) is 5.07. The Labute approximate surface area is 181 Å². The Balaban J connectivity index is 1.56. The topological polar surface area (TPSA) is 71.5 Å². The quantitative estimate of drug-likeness (QED) is 0.351. The van der Waals surface area contributed by atoms with Gasteiger partial charge in [0.25, 0.3) is 0 Å². The maximum absolute atomic E-state index is 11.3. The molecule has 0 bridgehead atoms. The first-order chi connectivity index (χ1) is 15.1. The highest BCUT2D eigenvalue weighted by molar-refractivity contribution is 5.86. The van der Waals surface area contributed by atoms with Crippen LogP contribution in [0.1, 0.15) is 12.5 Å². The molecule has 158 valence electrons. The number of nitrogens with one attached hydrogen (secondary N) is 1. The van der Waals surface area contributed by atoms with E-state index in [1.54, 1.807) is 6.92 Å². The molecule has 0 aliphatic heterocycles. The van der Waals surface area contributed by atoms with E-state index in [0.29, 0.717) is 19.6 Å². The summed E-state index contributed by atoms with van der Waals surface area (Å²) in [6, 6.07) is 23.8. The van der Waals surface area contributed by atoms with Crippen molar-refractivity contribution < 1.29 is 19.4 Å². The van der Waals surface area contributed by atoms with Crippen LogP contribution in [-0.2, 0) is 11.2 Å². The molecule has 5 heteroatoms. The van der Waals surface area contributed by atoms with Crippen LogP contribution in [0.5, 0.6) is 11.5 Å². The Kier molecular flexibility index (Phi) is 6.22. The average Bonchev–Trinajstić information content (AvgIpc) is 3.26. The fourth-order valence-corrected chi connectivity index (χ4v) is 3.55. The first-order valence-corrected chi connectivity index (χ1v) is 10.3. The number of carbonyl (C=O) groups is 1. The molecular weight excluding hydrogens is 390 g/mol. The van der Waals surface area contributed by atoms with Gasteiger partial charge in [-0.25, -0.2) is 0 Å². The van der Waals surface area contributed by atoms with Crippen LogP contribution in [-0.4, -0.2) is 29.3 Å². The van der Waals surface area contributed by atoms with E-state index in [-0.39, 0.29) is 0 Å². The summed E-state index contributed by atoms with van der Waals surface area (Å²) in [4.78, 5) is 14.5. The van der Waals surface area contributed by atoms with Gasteiger partial charge < -0.3 is 19.6 Å². The van der Waals surface area contributed by atoms with Crippen molar-refractivity contribution in [3.8, 4) is 22.6 Å². The molecule has 1 heterocycles. The van der Waals surface area contributed by atoms with Crippen molar-refractivity contribution in [2.45, 2.75) is 13.3 Å². The van der Waals surface area contributed by atoms with E-state index in [1.165, 1.54) is 0 Å². The van der Waals surface area contributed by atoms with E-state index in [0.717, 1.165) is 39.1 Å². The number of para-hydroxylation sites is 1. The SMILES string of the molecule is CC(Cc1ccc(OCCOc2ccccc2)c(-c2ccc3[nH]ccc3c2)c1)C(=O)O. The monoisotopic (exact) mass is 415 g/mol. The van der Waals surface area contributed by atoms with Gasteiger partial charge in [-0.1, -0.05) is 37.3 Å². The maximum Gasteiger partial charge on any atom is 0.306 e. The standard InChI is InChI=1S/C26H25NO4/c1-18(26(28)29)15-19-7-10-25(31-14-13-30-22-5-3-2-4-6-22)23(16-19)20-8-9-24-21(17-20)11-12-27-24/h2-12,16-18,27H,13-15H2,1H3,(H,28,29).